The number of hydrogen-bond donors (Lipinski definition) is 1. The lowest BCUT2D eigenvalue weighted by atomic mass is 10.2. The molecule has 0 saturated carbocycles. The third-order valence-corrected chi connectivity index (χ3v) is 5.22. The first-order chi connectivity index (χ1) is 9.45. The minimum atomic E-state index is -0.0887. The molecule has 0 fully saturated rings. The van der Waals surface area contributed by atoms with Gasteiger partial charge in [-0.1, -0.05) is 0 Å². The Hall–Kier alpha value is -0.990. The predicted octanol–water partition coefficient (Wildman–Crippen LogP) is 3.37. The van der Waals surface area contributed by atoms with Gasteiger partial charge >= 0.3 is 0 Å². The summed E-state index contributed by atoms with van der Waals surface area (Å²) in [6.07, 6.45) is 0. The Morgan fingerprint density at radius 1 is 1.40 bits per heavy atom. The minimum absolute atomic E-state index is 0.0887. The van der Waals surface area contributed by atoms with E-state index in [2.05, 4.69) is 46.9 Å². The molecule has 5 nitrogen and oxygen atoms in total. The van der Waals surface area contributed by atoms with Crippen LogP contribution in [0.15, 0.2) is 20.1 Å². The van der Waals surface area contributed by atoms with E-state index in [0.29, 0.717) is 17.8 Å². The van der Waals surface area contributed by atoms with E-state index in [0.717, 1.165) is 24.5 Å². The van der Waals surface area contributed by atoms with Gasteiger partial charge in [0.25, 0.3) is 5.56 Å². The molecule has 0 aromatic carbocycles. The van der Waals surface area contributed by atoms with Crippen molar-refractivity contribution in [3.63, 3.8) is 0 Å². The van der Waals surface area contributed by atoms with Gasteiger partial charge in [0, 0.05) is 10.9 Å². The van der Waals surface area contributed by atoms with Gasteiger partial charge in [-0.3, -0.25) is 4.79 Å². The summed E-state index contributed by atoms with van der Waals surface area (Å²) < 4.78 is 3.28. The van der Waals surface area contributed by atoms with Crippen LogP contribution in [0.2, 0.25) is 0 Å². The molecule has 0 aliphatic carbocycles. The first-order valence-electron chi connectivity index (χ1n) is 5.83. The Morgan fingerprint density at radius 3 is 2.80 bits per heavy atom. The fourth-order valence-corrected chi connectivity index (χ4v) is 4.18. The van der Waals surface area contributed by atoms with Gasteiger partial charge < -0.3 is 4.98 Å². The van der Waals surface area contributed by atoms with Gasteiger partial charge in [-0.15, -0.1) is 11.3 Å². The number of nitrogens with zero attached hydrogens (tertiary/aromatic N) is 3. The second-order valence-electron chi connectivity index (χ2n) is 4.42. The molecule has 20 heavy (non-hydrogen) atoms. The summed E-state index contributed by atoms with van der Waals surface area (Å²) in [6, 6.07) is 1.84. The molecule has 1 N–H and O–H groups in total. The topological polar surface area (TPSA) is 63.6 Å². The molecule has 0 saturated heterocycles. The standard InChI is InChI=1S/C12H10Br2N4OS/c1-5-6(2)20-12-10(5)11(19)15-9(16-12)4-18-8(14)3-7(13)17-18/h3H,4H2,1-2H3,(H,15,16,19). The zero-order chi connectivity index (χ0) is 14.4. The van der Waals surface area contributed by atoms with Crippen molar-refractivity contribution in [2.45, 2.75) is 20.4 Å². The van der Waals surface area contributed by atoms with E-state index in [-0.39, 0.29) is 5.56 Å². The van der Waals surface area contributed by atoms with Crippen LogP contribution in [-0.2, 0) is 6.54 Å². The highest BCUT2D eigenvalue weighted by atomic mass is 79.9. The van der Waals surface area contributed by atoms with Crippen LogP contribution in [0.25, 0.3) is 10.2 Å². The van der Waals surface area contributed by atoms with Crippen LogP contribution in [0.4, 0.5) is 0 Å². The van der Waals surface area contributed by atoms with Gasteiger partial charge in [-0.2, -0.15) is 5.10 Å². The third-order valence-electron chi connectivity index (χ3n) is 3.09. The van der Waals surface area contributed by atoms with E-state index >= 15 is 0 Å². The Labute approximate surface area is 135 Å². The van der Waals surface area contributed by atoms with E-state index in [9.17, 15) is 4.79 Å². The predicted molar refractivity (Wildman–Crippen MR) is 86.4 cm³/mol. The number of aromatic nitrogens is 4. The van der Waals surface area contributed by atoms with E-state index in [1.165, 1.54) is 0 Å². The summed E-state index contributed by atoms with van der Waals surface area (Å²) in [5.74, 6) is 0.597. The Kier molecular flexibility index (Phi) is 3.55. The normalized spacial score (nSPS) is 11.4. The molecule has 0 atom stereocenters. The molecule has 0 bridgehead atoms. The van der Waals surface area contributed by atoms with Gasteiger partial charge in [0.2, 0.25) is 0 Å². The number of aromatic amines is 1. The zero-order valence-corrected chi connectivity index (χ0v) is 14.7. The maximum absolute atomic E-state index is 12.2. The van der Waals surface area contributed by atoms with Crippen molar-refractivity contribution in [2.75, 3.05) is 0 Å². The molecule has 3 heterocycles. The molecule has 8 heteroatoms. The maximum atomic E-state index is 12.2. The van der Waals surface area contributed by atoms with Crippen molar-refractivity contribution in [1.82, 2.24) is 19.7 Å². The smallest absolute Gasteiger partial charge is 0.259 e. The lowest BCUT2D eigenvalue weighted by Gasteiger charge is -2.03. The summed E-state index contributed by atoms with van der Waals surface area (Å²) in [5.41, 5.74) is 0.919. The highest BCUT2D eigenvalue weighted by Gasteiger charge is 2.13. The summed E-state index contributed by atoms with van der Waals surface area (Å²) in [5, 5.41) is 4.96. The summed E-state index contributed by atoms with van der Waals surface area (Å²) in [7, 11) is 0. The second-order valence-corrected chi connectivity index (χ2v) is 7.25. The number of thiophene rings is 1. The Bertz CT molecular complexity index is 864. The number of fused-ring (bicyclic) bond motifs is 1. The third kappa shape index (κ3) is 2.36. The van der Waals surface area contributed by atoms with Crippen LogP contribution in [0, 0.1) is 13.8 Å². The van der Waals surface area contributed by atoms with Gasteiger partial charge in [-0.25, -0.2) is 9.67 Å². The fourth-order valence-electron chi connectivity index (χ4n) is 1.99. The molecule has 3 aromatic heterocycles. The molecular weight excluding hydrogens is 408 g/mol. The number of nitrogens with one attached hydrogen (secondary N) is 1. The molecule has 0 aliphatic rings. The van der Waals surface area contributed by atoms with Crippen molar-refractivity contribution in [3.05, 3.63) is 41.9 Å². The first kappa shape index (κ1) is 14.0. The number of hydrogen-bond acceptors (Lipinski definition) is 4. The summed E-state index contributed by atoms with van der Waals surface area (Å²) in [4.78, 5) is 21.4. The number of rotatable bonds is 2. The minimum Gasteiger partial charge on any atom is -0.308 e. The van der Waals surface area contributed by atoms with E-state index in [4.69, 9.17) is 0 Å². The number of H-pyrrole nitrogens is 1. The van der Waals surface area contributed by atoms with Crippen LogP contribution in [0.1, 0.15) is 16.3 Å². The molecule has 0 unspecified atom stereocenters. The van der Waals surface area contributed by atoms with Crippen LogP contribution in [-0.4, -0.2) is 19.7 Å². The number of aryl methyl sites for hydroxylation is 2. The van der Waals surface area contributed by atoms with E-state index in [1.807, 2.05) is 19.9 Å². The van der Waals surface area contributed by atoms with Gasteiger partial charge in [-0.05, 0) is 51.3 Å². The monoisotopic (exact) mass is 416 g/mol. The van der Waals surface area contributed by atoms with E-state index < -0.39 is 0 Å². The molecule has 3 aromatic rings. The summed E-state index contributed by atoms with van der Waals surface area (Å²) in [6.45, 7) is 4.36. The summed E-state index contributed by atoms with van der Waals surface area (Å²) >= 11 is 8.27. The van der Waals surface area contributed by atoms with Gasteiger partial charge in [0.1, 0.15) is 26.4 Å². The van der Waals surface area contributed by atoms with Crippen LogP contribution in [0.5, 0.6) is 0 Å². The lowest BCUT2D eigenvalue weighted by molar-refractivity contribution is 0.639. The Morgan fingerprint density at radius 2 is 2.15 bits per heavy atom. The Balaban J connectivity index is 2.09. The quantitative estimate of drug-likeness (QED) is 0.695. The highest BCUT2D eigenvalue weighted by molar-refractivity contribution is 9.11. The molecule has 0 amide bonds. The van der Waals surface area contributed by atoms with Crippen molar-refractivity contribution in [3.8, 4) is 0 Å². The largest absolute Gasteiger partial charge is 0.308 e. The highest BCUT2D eigenvalue weighted by Crippen LogP contribution is 2.26. The van der Waals surface area contributed by atoms with Gasteiger partial charge in [0.05, 0.1) is 5.39 Å². The van der Waals surface area contributed by atoms with E-state index in [1.54, 1.807) is 16.0 Å². The molecule has 3 rings (SSSR count). The van der Waals surface area contributed by atoms with Crippen molar-refractivity contribution >= 4 is 53.4 Å². The zero-order valence-electron chi connectivity index (χ0n) is 10.7. The van der Waals surface area contributed by atoms with Gasteiger partial charge in [0.15, 0.2) is 0 Å². The first-order valence-corrected chi connectivity index (χ1v) is 8.23. The molecule has 104 valence electrons. The lowest BCUT2D eigenvalue weighted by Crippen LogP contribution is -2.14. The van der Waals surface area contributed by atoms with Crippen molar-refractivity contribution < 1.29 is 0 Å². The van der Waals surface area contributed by atoms with Crippen molar-refractivity contribution in [1.29, 1.82) is 0 Å². The van der Waals surface area contributed by atoms with Crippen LogP contribution < -0.4 is 5.56 Å². The molecular formula is C12H10Br2N4OS. The maximum Gasteiger partial charge on any atom is 0.259 e. The molecule has 0 radical (unpaired) electrons. The van der Waals surface area contributed by atoms with Crippen molar-refractivity contribution in [2.24, 2.45) is 0 Å². The second kappa shape index (κ2) is 5.09. The van der Waals surface area contributed by atoms with Crippen LogP contribution in [0.3, 0.4) is 0 Å². The van der Waals surface area contributed by atoms with Crippen LogP contribution >= 0.6 is 43.2 Å². The average molecular weight is 418 g/mol. The fraction of sp³-hybridized carbons (Fsp3) is 0.250. The molecule has 0 aliphatic heterocycles. The number of halogens is 2. The average Bonchev–Trinajstić information content (AvgIpc) is 2.80. The molecule has 0 spiro atoms. The SMILES string of the molecule is Cc1sc2nc(Cn3nc(Br)cc3Br)[nH]c(=O)c2c1C.